The average molecular weight is 451 g/mol. The molecule has 1 aromatic carbocycles. The number of nitrogens with zero attached hydrogens (tertiary/aromatic N) is 2. The molecule has 0 aliphatic carbocycles. The molecule has 1 saturated heterocycles. The van der Waals surface area contributed by atoms with Crippen LogP contribution in [0.2, 0.25) is 5.02 Å². The van der Waals surface area contributed by atoms with Gasteiger partial charge in [0.1, 0.15) is 11.1 Å². The third kappa shape index (κ3) is 6.18. The molecule has 31 heavy (non-hydrogen) atoms. The highest BCUT2D eigenvalue weighted by Gasteiger charge is 2.31. The van der Waals surface area contributed by atoms with E-state index in [0.717, 1.165) is 25.9 Å². The highest BCUT2D eigenvalue weighted by molar-refractivity contribution is 6.32. The highest BCUT2D eigenvalue weighted by atomic mass is 35.5. The maximum Gasteiger partial charge on any atom is 0.407 e. The summed E-state index contributed by atoms with van der Waals surface area (Å²) >= 11 is 6.46. The van der Waals surface area contributed by atoms with Crippen LogP contribution in [0.3, 0.4) is 0 Å². The molecule has 1 aliphatic rings. The summed E-state index contributed by atoms with van der Waals surface area (Å²) in [6.07, 6.45) is 2.28. The fourth-order valence-corrected chi connectivity index (χ4v) is 4.16. The van der Waals surface area contributed by atoms with E-state index in [1.54, 1.807) is 12.1 Å². The zero-order valence-corrected chi connectivity index (χ0v) is 19.2. The molecule has 2 aromatic rings. The highest BCUT2D eigenvalue weighted by Crippen LogP contribution is 2.34. The molecule has 1 aliphatic heterocycles. The Morgan fingerprint density at radius 3 is 2.84 bits per heavy atom. The molecule has 1 amide bonds. The number of ether oxygens (including phenoxy) is 2. The van der Waals surface area contributed by atoms with E-state index in [1.165, 1.54) is 13.3 Å². The number of rotatable bonds is 6. The van der Waals surface area contributed by atoms with Crippen LogP contribution in [0, 0.1) is 5.92 Å². The molecule has 0 bridgehead atoms. The number of carbonyl (C=O) groups is 1. The van der Waals surface area contributed by atoms with Crippen molar-refractivity contribution < 1.29 is 19.4 Å². The number of piperidine rings is 1. The van der Waals surface area contributed by atoms with Gasteiger partial charge in [-0.2, -0.15) is 0 Å². The van der Waals surface area contributed by atoms with Gasteiger partial charge in [-0.1, -0.05) is 11.6 Å². The van der Waals surface area contributed by atoms with Crippen molar-refractivity contribution in [1.29, 1.82) is 0 Å². The summed E-state index contributed by atoms with van der Waals surface area (Å²) in [5.41, 5.74) is 0.959. The SMILES string of the molecule is COc1cnc2ccc(Cl)c(C(O)CC(NC(=O)OC(C)(C)C)C3CCCNC3)c2n1. The van der Waals surface area contributed by atoms with Crippen LogP contribution >= 0.6 is 11.6 Å². The van der Waals surface area contributed by atoms with Gasteiger partial charge in [0.15, 0.2) is 0 Å². The number of aliphatic hydroxyl groups is 1. The first-order valence-electron chi connectivity index (χ1n) is 10.6. The quantitative estimate of drug-likeness (QED) is 0.617. The number of amides is 1. The summed E-state index contributed by atoms with van der Waals surface area (Å²) in [5, 5.41) is 17.9. The van der Waals surface area contributed by atoms with Gasteiger partial charge in [-0.3, -0.25) is 0 Å². The number of halogens is 1. The minimum atomic E-state index is -0.959. The predicted octanol–water partition coefficient (Wildman–Crippen LogP) is 3.61. The number of benzene rings is 1. The lowest BCUT2D eigenvalue weighted by Gasteiger charge is -2.33. The summed E-state index contributed by atoms with van der Waals surface area (Å²) in [7, 11) is 1.51. The summed E-state index contributed by atoms with van der Waals surface area (Å²) < 4.78 is 10.6. The molecule has 2 heterocycles. The van der Waals surface area contributed by atoms with Crippen molar-refractivity contribution in [2.45, 2.75) is 57.8 Å². The monoisotopic (exact) mass is 450 g/mol. The van der Waals surface area contributed by atoms with Crippen LogP contribution in [0.25, 0.3) is 11.0 Å². The standard InChI is InChI=1S/C22H31ClN4O4/c1-22(2,3)31-21(29)26-16(13-6-5-9-24-11-13)10-17(28)19-14(23)7-8-15-20(19)27-18(30-4)12-25-15/h7-8,12-13,16-17,24,28H,5-6,9-11H2,1-4H3,(H,26,29). The lowest BCUT2D eigenvalue weighted by atomic mass is 9.87. The second-order valence-corrected chi connectivity index (χ2v) is 9.26. The number of aliphatic hydroxyl groups excluding tert-OH is 1. The first-order chi connectivity index (χ1) is 14.7. The molecule has 9 heteroatoms. The van der Waals surface area contributed by atoms with E-state index in [0.29, 0.717) is 27.5 Å². The number of fused-ring (bicyclic) bond motifs is 1. The Balaban J connectivity index is 1.88. The molecule has 3 rings (SSSR count). The third-order valence-corrected chi connectivity index (χ3v) is 5.63. The van der Waals surface area contributed by atoms with Gasteiger partial charge in [-0.05, 0) is 71.2 Å². The zero-order valence-electron chi connectivity index (χ0n) is 18.4. The van der Waals surface area contributed by atoms with Crippen molar-refractivity contribution in [1.82, 2.24) is 20.6 Å². The Labute approximate surface area is 187 Å². The van der Waals surface area contributed by atoms with Gasteiger partial charge in [-0.25, -0.2) is 14.8 Å². The van der Waals surface area contributed by atoms with Crippen molar-refractivity contribution in [3.8, 4) is 5.88 Å². The molecule has 1 aromatic heterocycles. The van der Waals surface area contributed by atoms with Crippen molar-refractivity contribution >= 4 is 28.7 Å². The fraction of sp³-hybridized carbons (Fsp3) is 0.591. The largest absolute Gasteiger partial charge is 0.480 e. The van der Waals surface area contributed by atoms with Crippen LogP contribution < -0.4 is 15.4 Å². The van der Waals surface area contributed by atoms with E-state index in [9.17, 15) is 9.90 Å². The number of methoxy groups -OCH3 is 1. The topological polar surface area (TPSA) is 106 Å². The molecular weight excluding hydrogens is 420 g/mol. The second kappa shape index (κ2) is 9.97. The van der Waals surface area contributed by atoms with E-state index < -0.39 is 17.8 Å². The summed E-state index contributed by atoms with van der Waals surface area (Å²) in [4.78, 5) is 21.3. The number of nitrogens with one attached hydrogen (secondary N) is 2. The molecule has 0 saturated carbocycles. The van der Waals surface area contributed by atoms with Gasteiger partial charge in [-0.15, -0.1) is 0 Å². The van der Waals surface area contributed by atoms with E-state index in [2.05, 4.69) is 20.6 Å². The molecule has 170 valence electrons. The fourth-order valence-electron chi connectivity index (χ4n) is 3.88. The lowest BCUT2D eigenvalue weighted by Crippen LogP contribution is -2.48. The number of alkyl carbamates (subject to hydrolysis) is 1. The van der Waals surface area contributed by atoms with Gasteiger partial charge in [0.05, 0.1) is 24.9 Å². The van der Waals surface area contributed by atoms with Gasteiger partial charge in [0, 0.05) is 16.6 Å². The van der Waals surface area contributed by atoms with E-state index in [-0.39, 0.29) is 18.4 Å². The average Bonchev–Trinajstić information content (AvgIpc) is 2.71. The number of hydrogen-bond acceptors (Lipinski definition) is 7. The van der Waals surface area contributed by atoms with Crippen LogP contribution in [0.15, 0.2) is 18.3 Å². The lowest BCUT2D eigenvalue weighted by molar-refractivity contribution is 0.0445. The Kier molecular flexibility index (Phi) is 7.56. The number of aromatic nitrogens is 2. The summed E-state index contributed by atoms with van der Waals surface area (Å²) in [6.45, 7) is 7.16. The van der Waals surface area contributed by atoms with E-state index in [1.807, 2.05) is 20.8 Å². The maximum absolute atomic E-state index is 12.5. The smallest absolute Gasteiger partial charge is 0.407 e. The summed E-state index contributed by atoms with van der Waals surface area (Å²) in [6, 6.07) is 3.15. The van der Waals surface area contributed by atoms with Gasteiger partial charge in [0.2, 0.25) is 5.88 Å². The molecule has 3 N–H and O–H groups in total. The van der Waals surface area contributed by atoms with Crippen LogP contribution in [0.4, 0.5) is 4.79 Å². The van der Waals surface area contributed by atoms with Crippen molar-refractivity contribution in [2.75, 3.05) is 20.2 Å². The molecule has 3 unspecified atom stereocenters. The predicted molar refractivity (Wildman–Crippen MR) is 119 cm³/mol. The minimum Gasteiger partial charge on any atom is -0.480 e. The molecule has 1 fully saturated rings. The van der Waals surface area contributed by atoms with Crippen LogP contribution in [-0.2, 0) is 4.74 Å². The zero-order chi connectivity index (χ0) is 22.6. The Morgan fingerprint density at radius 1 is 1.42 bits per heavy atom. The number of hydrogen-bond donors (Lipinski definition) is 3. The van der Waals surface area contributed by atoms with Crippen LogP contribution in [0.5, 0.6) is 5.88 Å². The van der Waals surface area contributed by atoms with Crippen molar-refractivity contribution in [3.63, 3.8) is 0 Å². The van der Waals surface area contributed by atoms with Crippen molar-refractivity contribution in [3.05, 3.63) is 28.9 Å². The van der Waals surface area contributed by atoms with Crippen LogP contribution in [0.1, 0.15) is 51.7 Å². The molecule has 0 radical (unpaired) electrons. The molecule has 3 atom stereocenters. The molecular formula is C22H31ClN4O4. The van der Waals surface area contributed by atoms with Crippen molar-refractivity contribution in [2.24, 2.45) is 5.92 Å². The minimum absolute atomic E-state index is 0.158. The maximum atomic E-state index is 12.5. The normalized spacial score (nSPS) is 19.0. The molecule has 8 nitrogen and oxygen atoms in total. The van der Waals surface area contributed by atoms with Gasteiger partial charge in [0.25, 0.3) is 0 Å². The summed E-state index contributed by atoms with van der Waals surface area (Å²) in [5.74, 6) is 0.494. The van der Waals surface area contributed by atoms with Crippen LogP contribution in [-0.4, -0.2) is 53.0 Å². The Morgan fingerprint density at radius 2 is 2.19 bits per heavy atom. The number of carbonyl (C=O) groups excluding carboxylic acids is 1. The van der Waals surface area contributed by atoms with Gasteiger partial charge >= 0.3 is 6.09 Å². The van der Waals surface area contributed by atoms with Gasteiger partial charge < -0.3 is 25.2 Å². The Bertz CT molecular complexity index is 912. The Hall–Kier alpha value is -2.16. The molecule has 0 spiro atoms. The first-order valence-corrected chi connectivity index (χ1v) is 10.9. The second-order valence-electron chi connectivity index (χ2n) is 8.85. The van der Waals surface area contributed by atoms with E-state index in [4.69, 9.17) is 21.1 Å². The third-order valence-electron chi connectivity index (χ3n) is 5.30. The first kappa shape index (κ1) is 23.5. The van der Waals surface area contributed by atoms with E-state index >= 15 is 0 Å².